The van der Waals surface area contributed by atoms with Crippen LogP contribution < -0.4 is 0 Å². The molecule has 0 aliphatic rings. The van der Waals surface area contributed by atoms with E-state index in [0.29, 0.717) is 12.1 Å². The molecule has 1 rings (SSSR count). The Balaban J connectivity index is 2.60. The summed E-state index contributed by atoms with van der Waals surface area (Å²) in [6.45, 7) is 6.70. The summed E-state index contributed by atoms with van der Waals surface area (Å²) in [6.07, 6.45) is 4.00. The van der Waals surface area contributed by atoms with E-state index in [-0.39, 0.29) is 5.41 Å². The van der Waals surface area contributed by atoms with Crippen LogP contribution in [-0.4, -0.2) is 16.1 Å². The smallest absolute Gasteiger partial charge is 0.153 e. The number of nitrogens with zero attached hydrogens (tertiary/aromatic N) is 2. The van der Waals surface area contributed by atoms with Gasteiger partial charge in [0.15, 0.2) is 6.29 Å². The molecule has 3 heteroatoms. The highest BCUT2D eigenvalue weighted by Gasteiger charge is 2.02. The van der Waals surface area contributed by atoms with Crippen molar-refractivity contribution in [2.45, 2.75) is 27.3 Å². The van der Waals surface area contributed by atoms with Gasteiger partial charge in [0.1, 0.15) is 6.54 Å². The van der Waals surface area contributed by atoms with Crippen molar-refractivity contribution in [1.82, 2.24) is 9.78 Å². The van der Waals surface area contributed by atoms with Crippen molar-refractivity contribution >= 4 is 6.29 Å². The minimum Gasteiger partial charge on any atom is -0.298 e. The molecule has 0 aromatic carbocycles. The number of hydrogen-bond donors (Lipinski definition) is 0. The molecule has 0 amide bonds. The fourth-order valence-electron chi connectivity index (χ4n) is 0.913. The Bertz CT molecular complexity index is 374. The van der Waals surface area contributed by atoms with Crippen LogP contribution in [0, 0.1) is 17.3 Å². The van der Waals surface area contributed by atoms with Gasteiger partial charge < -0.3 is 0 Å². The second kappa shape index (κ2) is 4.10. The van der Waals surface area contributed by atoms with Crippen LogP contribution >= 0.6 is 0 Å². The van der Waals surface area contributed by atoms with E-state index < -0.39 is 0 Å². The average Bonchev–Trinajstić information content (AvgIpc) is 2.50. The fourth-order valence-corrected chi connectivity index (χ4v) is 0.913. The molecule has 0 aliphatic carbocycles. The highest BCUT2D eigenvalue weighted by Crippen LogP contribution is 2.09. The predicted octanol–water partition coefficient (Wildman–Crippen LogP) is 1.75. The lowest BCUT2D eigenvalue weighted by Crippen LogP contribution is -2.01. The second-order valence-corrected chi connectivity index (χ2v) is 4.14. The van der Waals surface area contributed by atoms with Crippen LogP contribution in [0.4, 0.5) is 0 Å². The first-order valence-corrected chi connectivity index (χ1v) is 4.49. The minimum atomic E-state index is 0.0145. The number of carbonyl (C=O) groups excluding carboxylic acids is 1. The summed E-state index contributed by atoms with van der Waals surface area (Å²) in [7, 11) is 0. The molecule has 0 saturated heterocycles. The van der Waals surface area contributed by atoms with Crippen LogP contribution in [-0.2, 0) is 6.54 Å². The summed E-state index contributed by atoms with van der Waals surface area (Å²) < 4.78 is 1.66. The van der Waals surface area contributed by atoms with Gasteiger partial charge in [-0.15, -0.1) is 0 Å². The highest BCUT2D eigenvalue weighted by atomic mass is 16.1. The van der Waals surface area contributed by atoms with E-state index in [4.69, 9.17) is 0 Å². The summed E-state index contributed by atoms with van der Waals surface area (Å²) in [5, 5.41) is 3.99. The summed E-state index contributed by atoms with van der Waals surface area (Å²) in [5.74, 6) is 6.11. The summed E-state index contributed by atoms with van der Waals surface area (Å²) in [5.41, 5.74) is 0.600. The van der Waals surface area contributed by atoms with Crippen molar-refractivity contribution in [2.24, 2.45) is 5.41 Å². The lowest BCUT2D eigenvalue weighted by molar-refractivity contribution is 0.112. The largest absolute Gasteiger partial charge is 0.298 e. The van der Waals surface area contributed by atoms with Gasteiger partial charge in [-0.2, -0.15) is 5.10 Å². The molecule has 0 N–H and O–H groups in total. The maximum atomic E-state index is 10.4. The van der Waals surface area contributed by atoms with Gasteiger partial charge in [0.2, 0.25) is 0 Å². The Hall–Kier alpha value is -1.56. The number of carbonyl (C=O) groups is 1. The van der Waals surface area contributed by atoms with Crippen LogP contribution in [0.25, 0.3) is 0 Å². The van der Waals surface area contributed by atoms with E-state index in [1.54, 1.807) is 10.9 Å². The quantitative estimate of drug-likeness (QED) is 0.526. The number of aromatic nitrogens is 2. The fraction of sp³-hybridized carbons (Fsp3) is 0.455. The zero-order chi connectivity index (χ0) is 10.6. The number of hydrogen-bond acceptors (Lipinski definition) is 2. The first kappa shape index (κ1) is 10.5. The molecule has 1 aromatic rings. The monoisotopic (exact) mass is 190 g/mol. The van der Waals surface area contributed by atoms with E-state index in [9.17, 15) is 4.79 Å². The maximum absolute atomic E-state index is 10.4. The van der Waals surface area contributed by atoms with Crippen molar-refractivity contribution in [3.05, 3.63) is 18.0 Å². The number of rotatable bonds is 2. The van der Waals surface area contributed by atoms with E-state index in [0.717, 1.165) is 6.29 Å². The average molecular weight is 190 g/mol. The molecule has 3 nitrogen and oxygen atoms in total. The van der Waals surface area contributed by atoms with Gasteiger partial charge in [0.05, 0.1) is 11.8 Å². The Morgan fingerprint density at radius 1 is 1.57 bits per heavy atom. The Morgan fingerprint density at radius 3 is 2.79 bits per heavy atom. The van der Waals surface area contributed by atoms with E-state index in [1.165, 1.54) is 6.20 Å². The molecule has 0 atom stereocenters. The van der Waals surface area contributed by atoms with Gasteiger partial charge in [-0.1, -0.05) is 11.8 Å². The Kier molecular flexibility index (Phi) is 3.08. The summed E-state index contributed by atoms with van der Waals surface area (Å²) in [4.78, 5) is 10.4. The summed E-state index contributed by atoms with van der Waals surface area (Å²) >= 11 is 0. The normalized spacial score (nSPS) is 10.5. The molecule has 1 aromatic heterocycles. The van der Waals surface area contributed by atoms with Gasteiger partial charge in [-0.25, -0.2) is 0 Å². The minimum absolute atomic E-state index is 0.0145. The van der Waals surface area contributed by atoms with Gasteiger partial charge in [-0.05, 0) is 20.8 Å². The molecule has 0 radical (unpaired) electrons. The molecule has 0 fully saturated rings. The van der Waals surface area contributed by atoms with E-state index in [1.807, 2.05) is 0 Å². The Morgan fingerprint density at radius 2 is 2.29 bits per heavy atom. The molecule has 0 bridgehead atoms. The van der Waals surface area contributed by atoms with Crippen molar-refractivity contribution in [2.75, 3.05) is 0 Å². The molecular weight excluding hydrogens is 176 g/mol. The third-order valence-corrected chi connectivity index (χ3v) is 1.49. The first-order valence-electron chi connectivity index (χ1n) is 4.49. The molecule has 0 saturated carbocycles. The zero-order valence-corrected chi connectivity index (χ0v) is 8.74. The first-order chi connectivity index (χ1) is 6.51. The molecule has 0 aliphatic heterocycles. The molecule has 1 heterocycles. The Labute approximate surface area is 84.1 Å². The van der Waals surface area contributed by atoms with Crippen molar-refractivity contribution < 1.29 is 4.79 Å². The molecule has 0 unspecified atom stereocenters. The van der Waals surface area contributed by atoms with Crippen LogP contribution in [0.5, 0.6) is 0 Å². The molecule has 0 spiro atoms. The van der Waals surface area contributed by atoms with Gasteiger partial charge in [0, 0.05) is 11.6 Å². The maximum Gasteiger partial charge on any atom is 0.153 e. The van der Waals surface area contributed by atoms with E-state index >= 15 is 0 Å². The van der Waals surface area contributed by atoms with Gasteiger partial charge in [-0.3, -0.25) is 9.48 Å². The topological polar surface area (TPSA) is 34.9 Å². The zero-order valence-electron chi connectivity index (χ0n) is 8.74. The lowest BCUT2D eigenvalue weighted by Gasteiger charge is -2.06. The SMILES string of the molecule is CC(C)(C)C#CCn1cc(C=O)cn1. The third kappa shape index (κ3) is 3.44. The molecule has 74 valence electrons. The van der Waals surface area contributed by atoms with Crippen molar-refractivity contribution in [3.63, 3.8) is 0 Å². The van der Waals surface area contributed by atoms with Crippen LogP contribution in [0.2, 0.25) is 0 Å². The predicted molar refractivity (Wildman–Crippen MR) is 54.8 cm³/mol. The molecule has 14 heavy (non-hydrogen) atoms. The number of aldehydes is 1. The van der Waals surface area contributed by atoms with Crippen LogP contribution in [0.15, 0.2) is 12.4 Å². The van der Waals surface area contributed by atoms with Crippen molar-refractivity contribution in [3.8, 4) is 11.8 Å². The van der Waals surface area contributed by atoms with Gasteiger partial charge >= 0.3 is 0 Å². The van der Waals surface area contributed by atoms with Gasteiger partial charge in [0.25, 0.3) is 0 Å². The second-order valence-electron chi connectivity index (χ2n) is 4.14. The van der Waals surface area contributed by atoms with Crippen LogP contribution in [0.1, 0.15) is 31.1 Å². The highest BCUT2D eigenvalue weighted by molar-refractivity contribution is 5.73. The summed E-state index contributed by atoms with van der Waals surface area (Å²) in [6, 6.07) is 0. The van der Waals surface area contributed by atoms with E-state index in [2.05, 4.69) is 37.7 Å². The standard InChI is InChI=1S/C11H14N2O/c1-11(2,3)5-4-6-13-8-10(9-14)7-12-13/h7-9H,6H2,1-3H3. The lowest BCUT2D eigenvalue weighted by atomic mass is 9.98. The third-order valence-electron chi connectivity index (χ3n) is 1.49. The van der Waals surface area contributed by atoms with Crippen molar-refractivity contribution in [1.29, 1.82) is 0 Å². The van der Waals surface area contributed by atoms with Crippen LogP contribution in [0.3, 0.4) is 0 Å². The molecular formula is C11H14N2O.